The molecule has 0 saturated carbocycles. The van der Waals surface area contributed by atoms with Crippen LogP contribution in [0.3, 0.4) is 0 Å². The van der Waals surface area contributed by atoms with E-state index in [0.717, 1.165) is 22.6 Å². The Balaban J connectivity index is 1.82. The van der Waals surface area contributed by atoms with Gasteiger partial charge in [0.15, 0.2) is 11.2 Å². The molecule has 4 aromatic rings. The summed E-state index contributed by atoms with van der Waals surface area (Å²) in [4.78, 5) is 30.9. The van der Waals surface area contributed by atoms with E-state index < -0.39 is 0 Å². The van der Waals surface area contributed by atoms with E-state index >= 15 is 0 Å². The number of fused-ring (bicyclic) bond motifs is 1. The summed E-state index contributed by atoms with van der Waals surface area (Å²) in [7, 11) is 3.23. The molecule has 2 aromatic carbocycles. The van der Waals surface area contributed by atoms with Crippen LogP contribution in [-0.2, 0) is 19.6 Å². The van der Waals surface area contributed by atoms with Crippen LogP contribution in [0.4, 0.5) is 0 Å². The molecule has 0 aliphatic rings. The minimum atomic E-state index is -0.352. The molecule has 0 spiro atoms. The first-order valence-electron chi connectivity index (χ1n) is 10.5. The van der Waals surface area contributed by atoms with Gasteiger partial charge in [-0.05, 0) is 41.8 Å². The van der Waals surface area contributed by atoms with E-state index in [9.17, 15) is 9.59 Å². The normalized spacial score (nSPS) is 11.1. The van der Waals surface area contributed by atoms with Gasteiger partial charge in [0.25, 0.3) is 5.56 Å². The number of rotatable bonds is 8. The minimum absolute atomic E-state index is 0.308. The highest BCUT2D eigenvalue weighted by Crippen LogP contribution is 2.16. The highest BCUT2D eigenvalue weighted by atomic mass is 16.5. The number of aromatic nitrogens is 4. The molecule has 0 N–H and O–H groups in total. The van der Waals surface area contributed by atoms with Crippen molar-refractivity contribution in [3.05, 3.63) is 86.8 Å². The molecule has 0 saturated heterocycles. The SMILES string of the molecule is CCCn1c(=O)c2c(ncn2Cc2ccc(OC)cc2)n(Cc2ccc(OC)cc2)c1=O. The van der Waals surface area contributed by atoms with Crippen molar-refractivity contribution in [3.63, 3.8) is 0 Å². The number of ether oxygens (including phenoxy) is 2. The van der Waals surface area contributed by atoms with E-state index in [1.54, 1.807) is 29.7 Å². The first-order chi connectivity index (χ1) is 15.5. The van der Waals surface area contributed by atoms with Gasteiger partial charge in [0.2, 0.25) is 0 Å². The molecule has 0 aliphatic carbocycles. The monoisotopic (exact) mass is 434 g/mol. The Hall–Kier alpha value is -3.81. The summed E-state index contributed by atoms with van der Waals surface area (Å²) in [6.07, 6.45) is 2.30. The topological polar surface area (TPSA) is 80.3 Å². The summed E-state index contributed by atoms with van der Waals surface area (Å²) in [6.45, 7) is 3.06. The van der Waals surface area contributed by atoms with E-state index in [1.807, 2.05) is 55.5 Å². The second-order valence-electron chi connectivity index (χ2n) is 7.57. The molecule has 0 radical (unpaired) electrons. The summed E-state index contributed by atoms with van der Waals surface area (Å²) in [5, 5.41) is 0. The van der Waals surface area contributed by atoms with E-state index in [-0.39, 0.29) is 11.2 Å². The summed E-state index contributed by atoms with van der Waals surface area (Å²) in [5.74, 6) is 1.51. The van der Waals surface area contributed by atoms with Crippen molar-refractivity contribution < 1.29 is 9.47 Å². The van der Waals surface area contributed by atoms with Crippen LogP contribution in [0.2, 0.25) is 0 Å². The molecule has 4 rings (SSSR count). The van der Waals surface area contributed by atoms with Crippen LogP contribution in [-0.4, -0.2) is 32.9 Å². The Morgan fingerprint density at radius 3 is 1.91 bits per heavy atom. The Morgan fingerprint density at radius 1 is 0.812 bits per heavy atom. The lowest BCUT2D eigenvalue weighted by atomic mass is 10.2. The maximum Gasteiger partial charge on any atom is 0.333 e. The number of benzene rings is 2. The number of nitrogens with zero attached hydrogens (tertiary/aromatic N) is 4. The van der Waals surface area contributed by atoms with E-state index in [1.165, 1.54) is 4.57 Å². The van der Waals surface area contributed by atoms with Crippen molar-refractivity contribution in [1.82, 2.24) is 18.7 Å². The zero-order valence-electron chi connectivity index (χ0n) is 18.4. The molecule has 0 bridgehead atoms. The second kappa shape index (κ2) is 9.13. The first-order valence-corrected chi connectivity index (χ1v) is 10.5. The lowest BCUT2D eigenvalue weighted by Crippen LogP contribution is -2.40. The predicted octanol–water partition coefficient (Wildman–Crippen LogP) is 2.88. The van der Waals surface area contributed by atoms with E-state index in [2.05, 4.69) is 4.98 Å². The van der Waals surface area contributed by atoms with Gasteiger partial charge in [0, 0.05) is 13.1 Å². The highest BCUT2D eigenvalue weighted by molar-refractivity contribution is 5.70. The minimum Gasteiger partial charge on any atom is -0.497 e. The maximum absolute atomic E-state index is 13.3. The van der Waals surface area contributed by atoms with Crippen molar-refractivity contribution in [2.75, 3.05) is 14.2 Å². The van der Waals surface area contributed by atoms with Crippen molar-refractivity contribution in [2.45, 2.75) is 33.0 Å². The lowest BCUT2D eigenvalue weighted by molar-refractivity contribution is 0.414. The molecule has 0 amide bonds. The third kappa shape index (κ3) is 4.03. The van der Waals surface area contributed by atoms with E-state index in [0.29, 0.717) is 37.2 Å². The van der Waals surface area contributed by atoms with Crippen LogP contribution in [0.1, 0.15) is 24.5 Å². The van der Waals surface area contributed by atoms with Crippen LogP contribution in [0.5, 0.6) is 11.5 Å². The number of methoxy groups -OCH3 is 2. The molecule has 2 heterocycles. The molecular weight excluding hydrogens is 408 g/mol. The predicted molar refractivity (Wildman–Crippen MR) is 123 cm³/mol. The van der Waals surface area contributed by atoms with Crippen LogP contribution in [0.25, 0.3) is 11.2 Å². The fourth-order valence-electron chi connectivity index (χ4n) is 3.76. The first kappa shape index (κ1) is 21.4. The zero-order chi connectivity index (χ0) is 22.7. The molecule has 8 nitrogen and oxygen atoms in total. The zero-order valence-corrected chi connectivity index (χ0v) is 18.4. The van der Waals surface area contributed by atoms with Gasteiger partial charge in [-0.25, -0.2) is 9.78 Å². The summed E-state index contributed by atoms with van der Waals surface area (Å²) in [5.41, 5.74) is 2.05. The van der Waals surface area contributed by atoms with Crippen LogP contribution >= 0.6 is 0 Å². The van der Waals surface area contributed by atoms with Gasteiger partial charge >= 0.3 is 5.69 Å². The Kier molecular flexibility index (Phi) is 6.11. The summed E-state index contributed by atoms with van der Waals surface area (Å²) >= 11 is 0. The van der Waals surface area contributed by atoms with Gasteiger partial charge in [-0.2, -0.15) is 0 Å². The molecule has 32 heavy (non-hydrogen) atoms. The Morgan fingerprint density at radius 2 is 1.38 bits per heavy atom. The van der Waals surface area contributed by atoms with Gasteiger partial charge in [-0.3, -0.25) is 13.9 Å². The average molecular weight is 434 g/mol. The van der Waals surface area contributed by atoms with Crippen LogP contribution < -0.4 is 20.7 Å². The maximum atomic E-state index is 13.3. The van der Waals surface area contributed by atoms with Crippen molar-refractivity contribution in [3.8, 4) is 11.5 Å². The Labute approximate surface area is 185 Å². The number of imidazole rings is 1. The van der Waals surface area contributed by atoms with Crippen LogP contribution in [0.15, 0.2) is 64.4 Å². The molecule has 8 heteroatoms. The largest absolute Gasteiger partial charge is 0.497 e. The van der Waals surface area contributed by atoms with Gasteiger partial charge in [-0.15, -0.1) is 0 Å². The van der Waals surface area contributed by atoms with Gasteiger partial charge in [-0.1, -0.05) is 31.2 Å². The highest BCUT2D eigenvalue weighted by Gasteiger charge is 2.18. The third-order valence-electron chi connectivity index (χ3n) is 5.44. The molecule has 0 aliphatic heterocycles. The lowest BCUT2D eigenvalue weighted by Gasteiger charge is -2.13. The van der Waals surface area contributed by atoms with Crippen molar-refractivity contribution >= 4 is 11.2 Å². The molecular formula is C24H26N4O4. The fraction of sp³-hybridized carbons (Fsp3) is 0.292. The smallest absolute Gasteiger partial charge is 0.333 e. The van der Waals surface area contributed by atoms with Crippen molar-refractivity contribution in [2.24, 2.45) is 0 Å². The van der Waals surface area contributed by atoms with Crippen molar-refractivity contribution in [1.29, 1.82) is 0 Å². The van der Waals surface area contributed by atoms with E-state index in [4.69, 9.17) is 9.47 Å². The molecule has 0 atom stereocenters. The third-order valence-corrected chi connectivity index (χ3v) is 5.44. The Bertz CT molecular complexity index is 1330. The van der Waals surface area contributed by atoms with Gasteiger partial charge < -0.3 is 14.0 Å². The quantitative estimate of drug-likeness (QED) is 0.426. The standard InChI is InChI=1S/C24H26N4O4/c1-4-13-27-23(29)21-22(25-16-26(21)14-17-5-9-19(31-2)10-6-17)28(24(27)30)15-18-7-11-20(32-3)12-8-18/h5-12,16H,4,13-15H2,1-3H3. The summed E-state index contributed by atoms with van der Waals surface area (Å²) < 4.78 is 15.1. The molecule has 2 aromatic heterocycles. The second-order valence-corrected chi connectivity index (χ2v) is 7.57. The van der Waals surface area contributed by atoms with Crippen LogP contribution in [0, 0.1) is 0 Å². The van der Waals surface area contributed by atoms with Gasteiger partial charge in [0.1, 0.15) is 11.5 Å². The molecule has 0 unspecified atom stereocenters. The number of hydrogen-bond acceptors (Lipinski definition) is 5. The molecule has 166 valence electrons. The fourth-order valence-corrected chi connectivity index (χ4v) is 3.76. The average Bonchev–Trinajstić information content (AvgIpc) is 3.24. The molecule has 0 fully saturated rings. The van der Waals surface area contributed by atoms with Gasteiger partial charge in [0.05, 0.1) is 27.1 Å². The summed E-state index contributed by atoms with van der Waals surface area (Å²) in [6, 6.07) is 15.2. The number of hydrogen-bond donors (Lipinski definition) is 0.